The minimum atomic E-state index is -0.0576. The van der Waals surface area contributed by atoms with E-state index < -0.39 is 0 Å². The first-order valence-corrected chi connectivity index (χ1v) is 8.20. The van der Waals surface area contributed by atoms with Crippen LogP contribution in [0.15, 0.2) is 47.7 Å². The molecular formula is C18H22N4O2. The van der Waals surface area contributed by atoms with Gasteiger partial charge in [0.05, 0.1) is 0 Å². The summed E-state index contributed by atoms with van der Waals surface area (Å²) in [7, 11) is 1.75. The number of carbonyl (C=O) groups is 1. The Labute approximate surface area is 141 Å². The number of pyridine rings is 2. The second kappa shape index (κ2) is 7.40. The average molecular weight is 326 g/mol. The van der Waals surface area contributed by atoms with Gasteiger partial charge in [0, 0.05) is 56.4 Å². The molecule has 24 heavy (non-hydrogen) atoms. The number of aromatic nitrogens is 2. The highest BCUT2D eigenvalue weighted by Crippen LogP contribution is 2.13. The zero-order valence-electron chi connectivity index (χ0n) is 13.8. The first-order valence-electron chi connectivity index (χ1n) is 8.20. The van der Waals surface area contributed by atoms with Gasteiger partial charge >= 0.3 is 0 Å². The van der Waals surface area contributed by atoms with Gasteiger partial charge in [-0.1, -0.05) is 0 Å². The largest absolute Gasteiger partial charge is 0.348 e. The molecule has 0 bridgehead atoms. The Morgan fingerprint density at radius 1 is 1.33 bits per heavy atom. The summed E-state index contributed by atoms with van der Waals surface area (Å²) >= 11 is 0. The number of piperidine rings is 1. The third-order valence-corrected chi connectivity index (χ3v) is 4.36. The summed E-state index contributed by atoms with van der Waals surface area (Å²) in [5.74, 6) is -0.0576. The van der Waals surface area contributed by atoms with Gasteiger partial charge in [0.1, 0.15) is 0 Å². The molecule has 2 aromatic rings. The number of hydrogen-bond donors (Lipinski definition) is 1. The number of amides is 1. The summed E-state index contributed by atoms with van der Waals surface area (Å²) in [4.78, 5) is 30.2. The number of rotatable bonds is 4. The number of nitrogens with zero attached hydrogens (tertiary/aromatic N) is 3. The van der Waals surface area contributed by atoms with Crippen molar-refractivity contribution in [2.24, 2.45) is 7.05 Å². The van der Waals surface area contributed by atoms with E-state index in [1.54, 1.807) is 48.4 Å². The van der Waals surface area contributed by atoms with Crippen molar-refractivity contribution < 1.29 is 4.79 Å². The lowest BCUT2D eigenvalue weighted by Gasteiger charge is -2.33. The minimum Gasteiger partial charge on any atom is -0.348 e. The van der Waals surface area contributed by atoms with E-state index in [0.717, 1.165) is 38.0 Å². The number of carbonyl (C=O) groups excluding carboxylic acids is 1. The highest BCUT2D eigenvalue weighted by Gasteiger charge is 2.22. The Balaban J connectivity index is 1.59. The van der Waals surface area contributed by atoms with Gasteiger partial charge in [-0.2, -0.15) is 0 Å². The van der Waals surface area contributed by atoms with Crippen LogP contribution in [0.2, 0.25) is 0 Å². The smallest absolute Gasteiger partial charge is 0.251 e. The van der Waals surface area contributed by atoms with Crippen molar-refractivity contribution in [2.45, 2.75) is 25.4 Å². The summed E-state index contributed by atoms with van der Waals surface area (Å²) in [5, 5.41) is 3.10. The van der Waals surface area contributed by atoms with Crippen LogP contribution in [0, 0.1) is 0 Å². The van der Waals surface area contributed by atoms with E-state index in [9.17, 15) is 9.59 Å². The standard InChI is InChI=1S/C18H22N4O2/c1-21-10-6-14(11-17(21)23)12-22-9-2-3-16(13-22)20-18(24)15-4-7-19-8-5-15/h4-8,10-11,16H,2-3,9,12-13H2,1H3,(H,20,24). The molecule has 3 heterocycles. The van der Waals surface area contributed by atoms with E-state index in [1.807, 2.05) is 6.07 Å². The average Bonchev–Trinajstić information content (AvgIpc) is 2.59. The maximum Gasteiger partial charge on any atom is 0.251 e. The monoisotopic (exact) mass is 326 g/mol. The molecule has 1 aliphatic heterocycles. The Morgan fingerprint density at radius 2 is 2.12 bits per heavy atom. The van der Waals surface area contributed by atoms with Crippen LogP contribution in [0.4, 0.5) is 0 Å². The lowest BCUT2D eigenvalue weighted by atomic mass is 10.0. The van der Waals surface area contributed by atoms with Crippen LogP contribution in [-0.4, -0.2) is 39.5 Å². The van der Waals surface area contributed by atoms with Crippen LogP contribution in [0.3, 0.4) is 0 Å². The van der Waals surface area contributed by atoms with Gasteiger partial charge in [0.2, 0.25) is 0 Å². The predicted molar refractivity (Wildman–Crippen MR) is 91.7 cm³/mol. The molecule has 0 aromatic carbocycles. The second-order valence-electron chi connectivity index (χ2n) is 6.27. The van der Waals surface area contributed by atoms with Crippen molar-refractivity contribution in [3.05, 3.63) is 64.3 Å². The van der Waals surface area contributed by atoms with Crippen LogP contribution in [0.25, 0.3) is 0 Å². The molecule has 1 fully saturated rings. The van der Waals surface area contributed by atoms with Crippen molar-refractivity contribution in [3.8, 4) is 0 Å². The van der Waals surface area contributed by atoms with E-state index in [1.165, 1.54) is 0 Å². The van der Waals surface area contributed by atoms with Gasteiger partial charge in [-0.05, 0) is 43.1 Å². The fourth-order valence-electron chi connectivity index (χ4n) is 3.04. The van der Waals surface area contributed by atoms with E-state index >= 15 is 0 Å². The van der Waals surface area contributed by atoms with Crippen LogP contribution in [0.1, 0.15) is 28.8 Å². The van der Waals surface area contributed by atoms with Gasteiger partial charge in [-0.3, -0.25) is 19.5 Å². The van der Waals surface area contributed by atoms with E-state index in [-0.39, 0.29) is 17.5 Å². The molecular weight excluding hydrogens is 304 g/mol. The van der Waals surface area contributed by atoms with Gasteiger partial charge in [-0.25, -0.2) is 0 Å². The first-order chi connectivity index (χ1) is 11.6. The lowest BCUT2D eigenvalue weighted by molar-refractivity contribution is 0.0900. The molecule has 2 aromatic heterocycles. The van der Waals surface area contributed by atoms with Crippen molar-refractivity contribution in [1.29, 1.82) is 0 Å². The van der Waals surface area contributed by atoms with E-state index in [0.29, 0.717) is 5.56 Å². The Kier molecular flexibility index (Phi) is 5.05. The summed E-state index contributed by atoms with van der Waals surface area (Å²) in [6, 6.07) is 7.22. The van der Waals surface area contributed by atoms with Crippen LogP contribution in [0.5, 0.6) is 0 Å². The van der Waals surface area contributed by atoms with E-state index in [4.69, 9.17) is 0 Å². The normalized spacial score (nSPS) is 18.3. The molecule has 126 valence electrons. The summed E-state index contributed by atoms with van der Waals surface area (Å²) in [5.41, 5.74) is 1.65. The number of hydrogen-bond acceptors (Lipinski definition) is 4. The third kappa shape index (κ3) is 4.08. The molecule has 1 N–H and O–H groups in total. The number of aryl methyl sites for hydroxylation is 1. The molecule has 0 aliphatic carbocycles. The first kappa shape index (κ1) is 16.4. The lowest BCUT2D eigenvalue weighted by Crippen LogP contribution is -2.47. The molecule has 1 atom stereocenters. The third-order valence-electron chi connectivity index (χ3n) is 4.36. The molecule has 1 unspecified atom stereocenters. The molecule has 1 saturated heterocycles. The molecule has 6 heteroatoms. The van der Waals surface area contributed by atoms with Crippen LogP contribution in [-0.2, 0) is 13.6 Å². The Bertz CT molecular complexity index is 757. The number of likely N-dealkylation sites (tertiary alicyclic amines) is 1. The SMILES string of the molecule is Cn1ccc(CN2CCCC(NC(=O)c3ccncc3)C2)cc1=O. The fourth-order valence-corrected chi connectivity index (χ4v) is 3.04. The molecule has 0 saturated carbocycles. The van der Waals surface area contributed by atoms with Crippen molar-refractivity contribution >= 4 is 5.91 Å². The summed E-state index contributed by atoms with van der Waals surface area (Å²) < 4.78 is 1.57. The molecule has 1 aliphatic rings. The molecule has 0 radical (unpaired) electrons. The van der Waals surface area contributed by atoms with E-state index in [2.05, 4.69) is 15.2 Å². The van der Waals surface area contributed by atoms with Gasteiger partial charge in [-0.15, -0.1) is 0 Å². The highest BCUT2D eigenvalue weighted by atomic mass is 16.1. The zero-order chi connectivity index (χ0) is 16.9. The molecule has 3 rings (SSSR count). The molecule has 1 amide bonds. The van der Waals surface area contributed by atoms with Crippen molar-refractivity contribution in [3.63, 3.8) is 0 Å². The van der Waals surface area contributed by atoms with Gasteiger partial charge < -0.3 is 9.88 Å². The van der Waals surface area contributed by atoms with Crippen LogP contribution < -0.4 is 10.9 Å². The van der Waals surface area contributed by atoms with Crippen molar-refractivity contribution in [2.75, 3.05) is 13.1 Å². The van der Waals surface area contributed by atoms with Gasteiger partial charge in [0.15, 0.2) is 0 Å². The molecule has 0 spiro atoms. The van der Waals surface area contributed by atoms with Crippen molar-refractivity contribution in [1.82, 2.24) is 19.8 Å². The maximum absolute atomic E-state index is 12.3. The maximum atomic E-state index is 12.3. The fraction of sp³-hybridized carbons (Fsp3) is 0.389. The zero-order valence-corrected chi connectivity index (χ0v) is 13.8. The summed E-state index contributed by atoms with van der Waals surface area (Å²) in [6.07, 6.45) is 7.05. The van der Waals surface area contributed by atoms with Crippen LogP contribution >= 0.6 is 0 Å². The molecule has 6 nitrogen and oxygen atoms in total. The Hall–Kier alpha value is -2.47. The Morgan fingerprint density at radius 3 is 2.88 bits per heavy atom. The highest BCUT2D eigenvalue weighted by molar-refractivity contribution is 5.94. The predicted octanol–water partition coefficient (Wildman–Crippen LogP) is 1.17. The summed E-state index contributed by atoms with van der Waals surface area (Å²) in [6.45, 7) is 2.51. The second-order valence-corrected chi connectivity index (χ2v) is 6.27. The number of nitrogens with one attached hydrogen (secondary N) is 1. The quantitative estimate of drug-likeness (QED) is 0.916. The van der Waals surface area contributed by atoms with Gasteiger partial charge in [0.25, 0.3) is 11.5 Å². The topological polar surface area (TPSA) is 67.2 Å². The minimum absolute atomic E-state index is 0.00653.